The number of rotatable bonds is 8. The van der Waals surface area contributed by atoms with E-state index in [9.17, 15) is 22.4 Å². The lowest BCUT2D eigenvalue weighted by atomic mass is 10.1. The molecule has 0 aliphatic heterocycles. The Labute approximate surface area is 187 Å². The van der Waals surface area contributed by atoms with Crippen LogP contribution in [0.5, 0.6) is 0 Å². The van der Waals surface area contributed by atoms with E-state index in [2.05, 4.69) is 10.3 Å². The molecule has 1 heterocycles. The lowest BCUT2D eigenvalue weighted by molar-refractivity contribution is -0.137. The minimum atomic E-state index is -4.43. The Bertz CT molecular complexity index is 1040. The van der Waals surface area contributed by atoms with Gasteiger partial charge >= 0.3 is 6.18 Å². The smallest absolute Gasteiger partial charge is 0.351 e. The third kappa shape index (κ3) is 6.80. The molecule has 0 saturated carbocycles. The monoisotopic (exact) mass is 463 g/mol. The highest BCUT2D eigenvalue weighted by Crippen LogP contribution is 2.30. The zero-order valence-corrected chi connectivity index (χ0v) is 18.0. The van der Waals surface area contributed by atoms with Gasteiger partial charge in [-0.25, -0.2) is 8.70 Å². The molecule has 1 N–H and O–H groups in total. The predicted molar refractivity (Wildman–Crippen MR) is 116 cm³/mol. The van der Waals surface area contributed by atoms with Gasteiger partial charge in [0.25, 0.3) is 0 Å². The fraction of sp³-hybridized carbons (Fsp3) is 0.217. The quantitative estimate of drug-likeness (QED) is 0.351. The Morgan fingerprint density at radius 3 is 2.47 bits per heavy atom. The Morgan fingerprint density at radius 2 is 1.84 bits per heavy atom. The maximum absolute atomic E-state index is 13.0. The van der Waals surface area contributed by atoms with Gasteiger partial charge < -0.3 is 5.32 Å². The number of nitrogens with zero attached hydrogens (tertiary/aromatic N) is 2. The van der Waals surface area contributed by atoms with Crippen LogP contribution < -0.4 is 5.32 Å². The molecule has 0 saturated heterocycles. The molecular formula is C23H21F4N3OS. The van der Waals surface area contributed by atoms with Gasteiger partial charge in [-0.1, -0.05) is 25.1 Å². The van der Waals surface area contributed by atoms with Gasteiger partial charge in [0.15, 0.2) is 0 Å². The number of carbonyl (C=O) groups is 1. The van der Waals surface area contributed by atoms with Crippen molar-refractivity contribution in [3.05, 3.63) is 83.8 Å². The van der Waals surface area contributed by atoms with Gasteiger partial charge in [-0.3, -0.25) is 9.78 Å². The first-order chi connectivity index (χ1) is 15.2. The van der Waals surface area contributed by atoms with Gasteiger partial charge in [-0.05, 0) is 60.0 Å². The van der Waals surface area contributed by atoms with Crippen molar-refractivity contribution in [1.29, 1.82) is 0 Å². The number of hydrogen-bond donors (Lipinski definition) is 1. The minimum absolute atomic E-state index is 0.151. The van der Waals surface area contributed by atoms with Gasteiger partial charge in [-0.2, -0.15) is 13.2 Å². The molecule has 9 heteroatoms. The third-order valence-corrected chi connectivity index (χ3v) is 5.65. The summed E-state index contributed by atoms with van der Waals surface area (Å²) in [4.78, 5) is 17.1. The molecule has 3 aromatic rings. The molecule has 0 fully saturated rings. The van der Waals surface area contributed by atoms with E-state index in [1.807, 2.05) is 17.3 Å². The zero-order valence-electron chi connectivity index (χ0n) is 17.2. The highest BCUT2D eigenvalue weighted by atomic mass is 32.2. The average Bonchev–Trinajstić information content (AvgIpc) is 2.78. The van der Waals surface area contributed by atoms with E-state index in [1.54, 1.807) is 30.3 Å². The first-order valence-corrected chi connectivity index (χ1v) is 10.6. The maximum Gasteiger partial charge on any atom is 0.417 e. The van der Waals surface area contributed by atoms with Crippen molar-refractivity contribution in [3.8, 4) is 11.3 Å². The number of alkyl halides is 3. The summed E-state index contributed by atoms with van der Waals surface area (Å²) >= 11 is 1.37. The Kier molecular flexibility index (Phi) is 7.87. The molecule has 0 bridgehead atoms. The van der Waals surface area contributed by atoms with Gasteiger partial charge in [0.2, 0.25) is 5.91 Å². The van der Waals surface area contributed by atoms with E-state index in [-0.39, 0.29) is 24.8 Å². The fourth-order valence-corrected chi connectivity index (χ4v) is 3.71. The van der Waals surface area contributed by atoms with Crippen molar-refractivity contribution >= 4 is 17.9 Å². The molecule has 0 atom stereocenters. The lowest BCUT2D eigenvalue weighted by Gasteiger charge is -2.18. The number of carbonyl (C=O) groups excluding carboxylic acids is 1. The number of benzene rings is 2. The van der Waals surface area contributed by atoms with Crippen molar-refractivity contribution < 1.29 is 22.4 Å². The summed E-state index contributed by atoms with van der Waals surface area (Å²) in [5.41, 5.74) is 1.07. The maximum atomic E-state index is 13.0. The summed E-state index contributed by atoms with van der Waals surface area (Å²) in [7, 11) is 0. The van der Waals surface area contributed by atoms with E-state index in [0.29, 0.717) is 17.8 Å². The lowest BCUT2D eigenvalue weighted by Crippen LogP contribution is -2.33. The largest absolute Gasteiger partial charge is 0.417 e. The van der Waals surface area contributed by atoms with Gasteiger partial charge in [0, 0.05) is 29.7 Å². The summed E-state index contributed by atoms with van der Waals surface area (Å²) in [6.07, 6.45) is -3.62. The van der Waals surface area contributed by atoms with Crippen molar-refractivity contribution in [2.24, 2.45) is 0 Å². The van der Waals surface area contributed by atoms with E-state index >= 15 is 0 Å². The zero-order chi connectivity index (χ0) is 23.1. The molecule has 0 spiro atoms. The standard InChI is InChI=1S/C23H21F4N3OS/c1-2-30(32-20-9-7-19(24)8-10-20)15-22(31)29-13-16-4-3-5-17(12-16)21-11-6-18(14-28-21)23(25,26)27/h3-12,14H,2,13,15H2,1H3,(H,29,31). The molecule has 0 unspecified atom stereocenters. The number of pyridine rings is 1. The molecule has 0 aliphatic rings. The molecule has 2 aromatic carbocycles. The first kappa shape index (κ1) is 23.7. The van der Waals surface area contributed by atoms with E-state index < -0.39 is 11.7 Å². The van der Waals surface area contributed by atoms with Crippen LogP contribution in [0.4, 0.5) is 17.6 Å². The summed E-state index contributed by atoms with van der Waals surface area (Å²) in [6, 6.07) is 15.5. The number of aromatic nitrogens is 1. The number of halogens is 4. The number of nitrogens with one attached hydrogen (secondary N) is 1. The van der Waals surface area contributed by atoms with Crippen LogP contribution in [-0.2, 0) is 17.5 Å². The van der Waals surface area contributed by atoms with Gasteiger partial charge in [0.05, 0.1) is 17.8 Å². The summed E-state index contributed by atoms with van der Waals surface area (Å²) < 4.78 is 53.0. The Hall–Kier alpha value is -2.91. The molecular weight excluding hydrogens is 442 g/mol. The van der Waals surface area contributed by atoms with Gasteiger partial charge in [0.1, 0.15) is 5.82 Å². The van der Waals surface area contributed by atoms with Crippen molar-refractivity contribution in [3.63, 3.8) is 0 Å². The minimum Gasteiger partial charge on any atom is -0.351 e. The topological polar surface area (TPSA) is 45.2 Å². The number of hydrogen-bond acceptors (Lipinski definition) is 4. The number of amides is 1. The van der Waals surface area contributed by atoms with Crippen LogP contribution in [-0.4, -0.2) is 28.3 Å². The third-order valence-electron chi connectivity index (χ3n) is 4.52. The SMILES string of the molecule is CCN(CC(=O)NCc1cccc(-c2ccc(C(F)(F)F)cn2)c1)Sc1ccc(F)cc1. The summed E-state index contributed by atoms with van der Waals surface area (Å²) in [5.74, 6) is -0.497. The summed E-state index contributed by atoms with van der Waals surface area (Å²) in [6.45, 7) is 2.96. The number of likely N-dealkylation sites (N-methyl/N-ethyl adjacent to an activating group) is 1. The average molecular weight is 464 g/mol. The Morgan fingerprint density at radius 1 is 1.09 bits per heavy atom. The van der Waals surface area contributed by atoms with Crippen LogP contribution in [0, 0.1) is 5.82 Å². The van der Waals surface area contributed by atoms with E-state index in [1.165, 1.54) is 30.1 Å². The van der Waals surface area contributed by atoms with Crippen LogP contribution in [0.1, 0.15) is 18.1 Å². The first-order valence-electron chi connectivity index (χ1n) is 9.82. The molecule has 168 valence electrons. The molecule has 0 aliphatic carbocycles. The molecule has 1 amide bonds. The molecule has 4 nitrogen and oxygen atoms in total. The van der Waals surface area contributed by atoms with Crippen LogP contribution in [0.2, 0.25) is 0 Å². The highest BCUT2D eigenvalue weighted by Gasteiger charge is 2.30. The van der Waals surface area contributed by atoms with Crippen LogP contribution in [0.25, 0.3) is 11.3 Å². The second kappa shape index (κ2) is 10.6. The molecule has 32 heavy (non-hydrogen) atoms. The highest BCUT2D eigenvalue weighted by molar-refractivity contribution is 7.97. The van der Waals surface area contributed by atoms with Gasteiger partial charge in [-0.15, -0.1) is 0 Å². The van der Waals surface area contributed by atoms with Crippen molar-refractivity contribution in [2.45, 2.75) is 24.5 Å². The summed E-state index contributed by atoms with van der Waals surface area (Å²) in [5, 5.41) is 2.84. The molecule has 0 radical (unpaired) electrons. The van der Waals surface area contributed by atoms with E-state index in [0.717, 1.165) is 22.7 Å². The van der Waals surface area contributed by atoms with Crippen LogP contribution in [0.15, 0.2) is 71.8 Å². The normalized spacial score (nSPS) is 11.6. The molecule has 1 aromatic heterocycles. The van der Waals surface area contributed by atoms with Crippen LogP contribution >= 0.6 is 11.9 Å². The van der Waals surface area contributed by atoms with Crippen molar-refractivity contribution in [2.75, 3.05) is 13.1 Å². The van der Waals surface area contributed by atoms with Crippen LogP contribution in [0.3, 0.4) is 0 Å². The van der Waals surface area contributed by atoms with E-state index in [4.69, 9.17) is 0 Å². The second-order valence-electron chi connectivity index (χ2n) is 6.91. The fourth-order valence-electron chi connectivity index (χ4n) is 2.84. The second-order valence-corrected chi connectivity index (χ2v) is 8.08. The molecule has 3 rings (SSSR count). The van der Waals surface area contributed by atoms with Crippen molar-refractivity contribution in [1.82, 2.24) is 14.6 Å². The predicted octanol–water partition coefficient (Wildman–Crippen LogP) is 5.55. The Balaban J connectivity index is 1.57.